The average molecular weight is 1150 g/mol. The lowest BCUT2D eigenvalue weighted by molar-refractivity contribution is -0.379. The van der Waals surface area contributed by atoms with Gasteiger partial charge in [0.15, 0.2) is 18.9 Å². The van der Waals surface area contributed by atoms with E-state index in [1.807, 2.05) is 6.08 Å². The van der Waals surface area contributed by atoms with Crippen molar-refractivity contribution in [2.45, 2.75) is 336 Å². The van der Waals surface area contributed by atoms with Crippen molar-refractivity contribution in [3.63, 3.8) is 0 Å². The molecule has 3 aliphatic heterocycles. The molecule has 0 aliphatic carbocycles. The fourth-order valence-electron chi connectivity index (χ4n) is 10.9. The summed E-state index contributed by atoms with van der Waals surface area (Å²) in [5.41, 5.74) is 0. The lowest BCUT2D eigenvalue weighted by atomic mass is 9.96. The summed E-state index contributed by atoms with van der Waals surface area (Å²) < 4.78 is 34.1. The third-order valence-corrected chi connectivity index (χ3v) is 16.2. The lowest BCUT2D eigenvalue weighted by Gasteiger charge is -2.48. The van der Waals surface area contributed by atoms with Gasteiger partial charge >= 0.3 is 0 Å². The number of nitrogens with one attached hydrogen (secondary N) is 1. The molecule has 13 N–H and O–H groups in total. The second kappa shape index (κ2) is 44.0. The van der Waals surface area contributed by atoms with Gasteiger partial charge in [0.25, 0.3) is 0 Å². The van der Waals surface area contributed by atoms with Gasteiger partial charge in [0, 0.05) is 0 Å². The normalized spacial score (nSPS) is 30.4. The molecule has 3 rings (SSSR count). The molecule has 0 spiro atoms. The van der Waals surface area contributed by atoms with E-state index in [0.717, 1.165) is 38.5 Å². The van der Waals surface area contributed by atoms with Gasteiger partial charge in [0.1, 0.15) is 79.4 Å². The molecule has 0 aromatic carbocycles. The Labute approximate surface area is 478 Å². The van der Waals surface area contributed by atoms with Crippen molar-refractivity contribution in [3.05, 3.63) is 12.2 Å². The first kappa shape index (κ1) is 72.7. The number of unbranched alkanes of at least 4 members (excludes halogenated alkanes) is 30. The second-order valence-electron chi connectivity index (χ2n) is 23.0. The fourth-order valence-corrected chi connectivity index (χ4v) is 10.9. The summed E-state index contributed by atoms with van der Waals surface area (Å²) in [4.78, 5) is 13.4. The molecular formula is C60H113NO19. The number of ether oxygens (including phenoxy) is 6. The molecular weight excluding hydrogens is 1040 g/mol. The smallest absolute Gasteiger partial charge is 0.249 e. The van der Waals surface area contributed by atoms with Crippen molar-refractivity contribution < 1.29 is 94.5 Å². The van der Waals surface area contributed by atoms with Crippen LogP contribution in [0.4, 0.5) is 0 Å². The second-order valence-corrected chi connectivity index (χ2v) is 23.0. The van der Waals surface area contributed by atoms with Crippen LogP contribution in [-0.2, 0) is 33.2 Å². The Morgan fingerprint density at radius 2 is 0.800 bits per heavy atom. The molecule has 3 heterocycles. The van der Waals surface area contributed by atoms with E-state index in [9.17, 15) is 66.1 Å². The molecule has 80 heavy (non-hydrogen) atoms. The van der Waals surface area contributed by atoms with Gasteiger partial charge < -0.3 is 95.0 Å². The maximum atomic E-state index is 13.4. The summed E-state index contributed by atoms with van der Waals surface area (Å²) in [6.07, 6.45) is 13.6. The van der Waals surface area contributed by atoms with E-state index in [0.29, 0.717) is 12.8 Å². The summed E-state index contributed by atoms with van der Waals surface area (Å²) >= 11 is 0. The molecule has 0 saturated carbocycles. The first-order valence-electron chi connectivity index (χ1n) is 31.5. The molecule has 0 aromatic heterocycles. The van der Waals surface area contributed by atoms with Crippen LogP contribution in [0.25, 0.3) is 0 Å². The van der Waals surface area contributed by atoms with Crippen LogP contribution in [0.5, 0.6) is 0 Å². The van der Waals surface area contributed by atoms with Crippen LogP contribution in [0.1, 0.15) is 226 Å². The average Bonchev–Trinajstić information content (AvgIpc) is 3.49. The number of amides is 1. The maximum absolute atomic E-state index is 13.4. The van der Waals surface area contributed by atoms with E-state index in [1.54, 1.807) is 6.08 Å². The van der Waals surface area contributed by atoms with Crippen LogP contribution in [0.15, 0.2) is 12.2 Å². The van der Waals surface area contributed by atoms with Gasteiger partial charge in [-0.05, 0) is 19.3 Å². The molecule has 20 heteroatoms. The van der Waals surface area contributed by atoms with Crippen molar-refractivity contribution in [2.24, 2.45) is 0 Å². The monoisotopic (exact) mass is 1150 g/mol. The Morgan fingerprint density at radius 1 is 0.450 bits per heavy atom. The highest BCUT2D eigenvalue weighted by atomic mass is 16.8. The molecule has 472 valence electrons. The van der Waals surface area contributed by atoms with Crippen molar-refractivity contribution >= 4 is 5.91 Å². The Hall–Kier alpha value is -1.51. The number of carbonyl (C=O) groups excluding carboxylic acids is 1. The maximum Gasteiger partial charge on any atom is 0.249 e. The topological polar surface area (TPSA) is 327 Å². The minimum Gasteiger partial charge on any atom is -0.394 e. The van der Waals surface area contributed by atoms with Crippen molar-refractivity contribution in [3.8, 4) is 0 Å². The number of rotatable bonds is 47. The van der Waals surface area contributed by atoms with Crippen molar-refractivity contribution in [2.75, 3.05) is 26.4 Å². The van der Waals surface area contributed by atoms with E-state index < -0.39 is 143 Å². The zero-order chi connectivity index (χ0) is 58.5. The summed E-state index contributed by atoms with van der Waals surface area (Å²) in [7, 11) is 0. The van der Waals surface area contributed by atoms with Gasteiger partial charge in [0.2, 0.25) is 5.91 Å². The third kappa shape index (κ3) is 27.2. The Morgan fingerprint density at radius 3 is 1.21 bits per heavy atom. The van der Waals surface area contributed by atoms with Crippen molar-refractivity contribution in [1.82, 2.24) is 5.32 Å². The van der Waals surface area contributed by atoms with Crippen LogP contribution in [-0.4, -0.2) is 204 Å². The van der Waals surface area contributed by atoms with Gasteiger partial charge in [-0.25, -0.2) is 0 Å². The molecule has 3 aliphatic rings. The number of allylic oxidation sites excluding steroid dienone is 1. The number of hydrogen-bond acceptors (Lipinski definition) is 19. The van der Waals surface area contributed by atoms with Gasteiger partial charge in [-0.1, -0.05) is 219 Å². The number of aliphatic hydroxyl groups is 12. The first-order valence-corrected chi connectivity index (χ1v) is 31.5. The summed E-state index contributed by atoms with van der Waals surface area (Å²) in [5, 5.41) is 131. The van der Waals surface area contributed by atoms with Crippen LogP contribution in [0.3, 0.4) is 0 Å². The molecule has 0 bridgehead atoms. The molecule has 3 saturated heterocycles. The molecule has 1 unspecified atom stereocenters. The predicted octanol–water partition coefficient (Wildman–Crippen LogP) is 5.13. The van der Waals surface area contributed by atoms with Crippen molar-refractivity contribution in [1.29, 1.82) is 0 Å². The quantitative estimate of drug-likeness (QED) is 0.0278. The summed E-state index contributed by atoms with van der Waals surface area (Å²) in [5.74, 6) is -0.712. The Kier molecular flexibility index (Phi) is 40.0. The number of carbonyl (C=O) groups is 1. The highest BCUT2D eigenvalue weighted by molar-refractivity contribution is 5.80. The molecule has 3 fully saturated rings. The van der Waals surface area contributed by atoms with Crippen LogP contribution >= 0.6 is 0 Å². The zero-order valence-electron chi connectivity index (χ0n) is 48.9. The van der Waals surface area contributed by atoms with E-state index in [4.69, 9.17) is 28.4 Å². The van der Waals surface area contributed by atoms with Crippen LogP contribution < -0.4 is 5.32 Å². The summed E-state index contributed by atoms with van der Waals surface area (Å²) in [6, 6.07) is -1.14. The molecule has 0 radical (unpaired) electrons. The van der Waals surface area contributed by atoms with E-state index in [2.05, 4.69) is 19.2 Å². The minimum absolute atomic E-state index is 0.223. The van der Waals surface area contributed by atoms with E-state index in [-0.39, 0.29) is 6.42 Å². The minimum atomic E-state index is -2.00. The Balaban J connectivity index is 1.49. The highest BCUT2D eigenvalue weighted by Gasteiger charge is 2.53. The van der Waals surface area contributed by atoms with E-state index >= 15 is 0 Å². The van der Waals surface area contributed by atoms with Gasteiger partial charge in [-0.15, -0.1) is 0 Å². The highest BCUT2D eigenvalue weighted by Crippen LogP contribution is 2.33. The zero-order valence-corrected chi connectivity index (χ0v) is 48.9. The van der Waals surface area contributed by atoms with Crippen LogP contribution in [0, 0.1) is 0 Å². The van der Waals surface area contributed by atoms with Gasteiger partial charge in [-0.2, -0.15) is 0 Å². The first-order chi connectivity index (χ1) is 38.7. The number of hydrogen-bond donors (Lipinski definition) is 13. The fraction of sp³-hybridized carbons (Fsp3) is 0.950. The molecule has 1 amide bonds. The predicted molar refractivity (Wildman–Crippen MR) is 302 cm³/mol. The lowest BCUT2D eigenvalue weighted by Crippen LogP contribution is -2.66. The molecule has 0 aromatic rings. The molecule has 20 nitrogen and oxygen atoms in total. The number of aliphatic hydroxyl groups excluding tert-OH is 12. The summed E-state index contributed by atoms with van der Waals surface area (Å²) in [6.45, 7) is 1.54. The van der Waals surface area contributed by atoms with Gasteiger partial charge in [0.05, 0.1) is 38.6 Å². The third-order valence-electron chi connectivity index (χ3n) is 16.2. The standard InChI is InChI=1S/C60H113NO19/c1-3-5-7-9-11-13-15-17-18-19-20-21-22-23-25-27-29-31-33-35-37-44(66)57(74)61-42(43(65)36-34-32-30-28-26-24-16-14-12-10-8-6-4-2)41-75-58-53(72)50(69)55(46(39-63)77-58)80-60-54(73)51(70)56(47(40-64)78-60)79-59-52(71)49(68)48(67)45(38-62)76-59/h34,36,42-56,58-60,62-73H,3-33,35,37-41H2,1-2H3,(H,61,74)/b36-34+/t42-,43+,44?,45+,46+,47+,48-,49-,50+,51+,52+,53+,54+,55+,56-,58+,59+,60-/m0/s1. The van der Waals surface area contributed by atoms with E-state index in [1.165, 1.54) is 154 Å². The van der Waals surface area contributed by atoms with Gasteiger partial charge in [-0.3, -0.25) is 4.79 Å². The van der Waals surface area contributed by atoms with Crippen LogP contribution in [0.2, 0.25) is 0 Å². The SMILES string of the molecule is CCCCCCCCCCCCC/C=C/[C@@H](O)[C@H](CO[C@@H]1O[C@H](CO)[C@@H](O[C@@H]2O[C@H](CO)[C@H](O[C@H]3O[C@H](CO)[C@H](O)[C@H](O)[C@H]3O)[C@H](O)[C@H]2O)[C@H](O)[C@H]1O)NC(=O)C(O)CCCCCCCCCCCCCCCCCCCCCC. The molecule has 18 atom stereocenters. The Bertz CT molecular complexity index is 1530. The largest absolute Gasteiger partial charge is 0.394 e.